The molecular formula is C18H17ClN2. The molecule has 2 nitrogen and oxygen atoms in total. The summed E-state index contributed by atoms with van der Waals surface area (Å²) < 4.78 is 0. The van der Waals surface area contributed by atoms with E-state index in [2.05, 4.69) is 48.3 Å². The first kappa shape index (κ1) is 14.0. The maximum Gasteiger partial charge on any atom is 0.159 e. The van der Waals surface area contributed by atoms with Gasteiger partial charge in [0, 0.05) is 16.3 Å². The van der Waals surface area contributed by atoms with E-state index in [1.54, 1.807) is 0 Å². The molecule has 0 unspecified atom stereocenters. The molecule has 3 heteroatoms. The van der Waals surface area contributed by atoms with Crippen LogP contribution in [0, 0.1) is 5.92 Å². The van der Waals surface area contributed by atoms with Gasteiger partial charge in [-0.1, -0.05) is 67.9 Å². The molecule has 0 aliphatic heterocycles. The Hall–Kier alpha value is -1.93. The molecule has 0 aliphatic rings. The van der Waals surface area contributed by atoms with Gasteiger partial charge in [0.05, 0.1) is 0 Å². The molecule has 106 valence electrons. The quantitative estimate of drug-likeness (QED) is 0.668. The van der Waals surface area contributed by atoms with E-state index in [1.807, 2.05) is 24.3 Å². The first-order valence-corrected chi connectivity index (χ1v) is 7.53. The minimum atomic E-state index is 0.452. The molecule has 0 bridgehead atoms. The third-order valence-electron chi connectivity index (χ3n) is 3.49. The number of rotatable bonds is 3. The van der Waals surface area contributed by atoms with Gasteiger partial charge in [-0.3, -0.25) is 0 Å². The van der Waals surface area contributed by atoms with Gasteiger partial charge in [0.2, 0.25) is 0 Å². The van der Waals surface area contributed by atoms with Crippen molar-refractivity contribution in [2.24, 2.45) is 5.92 Å². The second-order valence-electron chi connectivity index (χ2n) is 5.68. The Morgan fingerprint density at radius 3 is 2.48 bits per heavy atom. The average molecular weight is 297 g/mol. The summed E-state index contributed by atoms with van der Waals surface area (Å²) in [5, 5.41) is 10.8. The number of aromatic nitrogens is 2. The number of hydrogen-bond donors (Lipinski definition) is 0. The lowest BCUT2D eigenvalue weighted by atomic mass is 9.98. The van der Waals surface area contributed by atoms with Crippen molar-refractivity contribution in [2.75, 3.05) is 0 Å². The van der Waals surface area contributed by atoms with Gasteiger partial charge in [0.25, 0.3) is 0 Å². The summed E-state index contributed by atoms with van der Waals surface area (Å²) in [5.41, 5.74) is 3.30. The van der Waals surface area contributed by atoms with E-state index >= 15 is 0 Å². The SMILES string of the molecule is CC(C)Cc1cccc(-c2nnc(Cl)c3ccccc23)c1. The molecule has 3 aromatic rings. The van der Waals surface area contributed by atoms with Crippen LogP contribution in [0.3, 0.4) is 0 Å². The maximum absolute atomic E-state index is 6.14. The monoisotopic (exact) mass is 296 g/mol. The van der Waals surface area contributed by atoms with Crippen LogP contribution in [0.1, 0.15) is 19.4 Å². The van der Waals surface area contributed by atoms with E-state index in [0.29, 0.717) is 11.1 Å². The molecule has 1 aromatic heterocycles. The lowest BCUT2D eigenvalue weighted by molar-refractivity contribution is 0.647. The van der Waals surface area contributed by atoms with Crippen molar-refractivity contribution in [2.45, 2.75) is 20.3 Å². The molecule has 1 heterocycles. The lowest BCUT2D eigenvalue weighted by Gasteiger charge is -2.09. The third kappa shape index (κ3) is 2.91. The van der Waals surface area contributed by atoms with Crippen LogP contribution < -0.4 is 0 Å². The predicted molar refractivity (Wildman–Crippen MR) is 88.5 cm³/mol. The van der Waals surface area contributed by atoms with Gasteiger partial charge in [-0.15, -0.1) is 10.2 Å². The molecule has 0 amide bonds. The van der Waals surface area contributed by atoms with Crippen LogP contribution in [0.5, 0.6) is 0 Å². The highest BCUT2D eigenvalue weighted by molar-refractivity contribution is 6.34. The first-order valence-electron chi connectivity index (χ1n) is 7.15. The Morgan fingerprint density at radius 2 is 1.71 bits per heavy atom. The molecule has 0 saturated heterocycles. The van der Waals surface area contributed by atoms with Gasteiger partial charge in [-0.2, -0.15) is 0 Å². The van der Waals surface area contributed by atoms with Crippen LogP contribution in [0.25, 0.3) is 22.0 Å². The average Bonchev–Trinajstić information content (AvgIpc) is 2.47. The van der Waals surface area contributed by atoms with Crippen molar-refractivity contribution >= 4 is 22.4 Å². The van der Waals surface area contributed by atoms with E-state index in [-0.39, 0.29) is 0 Å². The summed E-state index contributed by atoms with van der Waals surface area (Å²) in [6.07, 6.45) is 1.06. The zero-order valence-corrected chi connectivity index (χ0v) is 12.9. The molecule has 0 radical (unpaired) electrons. The predicted octanol–water partition coefficient (Wildman–Crippen LogP) is 5.15. The van der Waals surface area contributed by atoms with Gasteiger partial charge in [-0.05, 0) is 24.0 Å². The summed E-state index contributed by atoms with van der Waals surface area (Å²) in [4.78, 5) is 0. The highest BCUT2D eigenvalue weighted by Crippen LogP contribution is 2.30. The van der Waals surface area contributed by atoms with Crippen molar-refractivity contribution in [3.63, 3.8) is 0 Å². The first-order chi connectivity index (χ1) is 10.1. The zero-order valence-electron chi connectivity index (χ0n) is 12.2. The largest absolute Gasteiger partial charge is 0.159 e. The molecule has 0 atom stereocenters. The maximum atomic E-state index is 6.14. The number of nitrogens with zero attached hydrogens (tertiary/aromatic N) is 2. The highest BCUT2D eigenvalue weighted by atomic mass is 35.5. The van der Waals surface area contributed by atoms with Gasteiger partial charge >= 0.3 is 0 Å². The summed E-state index contributed by atoms with van der Waals surface area (Å²) in [5.74, 6) is 0.633. The molecule has 0 aliphatic carbocycles. The van der Waals surface area contributed by atoms with Crippen LogP contribution in [0.2, 0.25) is 5.15 Å². The van der Waals surface area contributed by atoms with Crippen molar-refractivity contribution < 1.29 is 0 Å². The minimum Gasteiger partial charge on any atom is -0.148 e. The Balaban J connectivity index is 2.15. The number of halogens is 1. The molecular weight excluding hydrogens is 280 g/mol. The van der Waals surface area contributed by atoms with E-state index in [1.165, 1.54) is 5.56 Å². The number of hydrogen-bond acceptors (Lipinski definition) is 2. The standard InChI is InChI=1S/C18H17ClN2/c1-12(2)10-13-6-5-7-14(11-13)17-15-8-3-4-9-16(15)18(19)21-20-17/h3-9,11-12H,10H2,1-2H3. The fourth-order valence-electron chi connectivity index (χ4n) is 2.60. The third-order valence-corrected chi connectivity index (χ3v) is 3.77. The van der Waals surface area contributed by atoms with E-state index in [4.69, 9.17) is 11.6 Å². The normalized spacial score (nSPS) is 11.2. The summed E-state index contributed by atoms with van der Waals surface area (Å²) >= 11 is 6.14. The van der Waals surface area contributed by atoms with Crippen LogP contribution in [0.15, 0.2) is 48.5 Å². The molecule has 21 heavy (non-hydrogen) atoms. The number of benzene rings is 2. The van der Waals surface area contributed by atoms with Crippen LogP contribution in [0.4, 0.5) is 0 Å². The Bertz CT molecular complexity index is 781. The van der Waals surface area contributed by atoms with Crippen LogP contribution >= 0.6 is 11.6 Å². The van der Waals surface area contributed by atoms with Crippen molar-refractivity contribution in [1.29, 1.82) is 0 Å². The van der Waals surface area contributed by atoms with Crippen molar-refractivity contribution in [3.8, 4) is 11.3 Å². The molecule has 0 spiro atoms. The Kier molecular flexibility index (Phi) is 3.89. The van der Waals surface area contributed by atoms with Crippen molar-refractivity contribution in [1.82, 2.24) is 10.2 Å². The Morgan fingerprint density at radius 1 is 0.952 bits per heavy atom. The Labute approximate surface area is 129 Å². The fraction of sp³-hybridized carbons (Fsp3) is 0.222. The van der Waals surface area contributed by atoms with Crippen molar-refractivity contribution in [3.05, 3.63) is 59.2 Å². The van der Waals surface area contributed by atoms with Crippen LogP contribution in [-0.4, -0.2) is 10.2 Å². The van der Waals surface area contributed by atoms with Gasteiger partial charge in [0.15, 0.2) is 5.15 Å². The lowest BCUT2D eigenvalue weighted by Crippen LogP contribution is -1.96. The molecule has 0 saturated carbocycles. The summed E-state index contributed by atoms with van der Waals surface area (Å²) in [6.45, 7) is 4.45. The van der Waals surface area contributed by atoms with Crippen LogP contribution in [-0.2, 0) is 6.42 Å². The second-order valence-corrected chi connectivity index (χ2v) is 6.04. The second kappa shape index (κ2) is 5.82. The minimum absolute atomic E-state index is 0.452. The number of fused-ring (bicyclic) bond motifs is 1. The molecule has 3 rings (SSSR count). The summed E-state index contributed by atoms with van der Waals surface area (Å²) in [6, 6.07) is 16.5. The van der Waals surface area contributed by atoms with Gasteiger partial charge in [-0.25, -0.2) is 0 Å². The van der Waals surface area contributed by atoms with Gasteiger partial charge < -0.3 is 0 Å². The van der Waals surface area contributed by atoms with E-state index in [9.17, 15) is 0 Å². The summed E-state index contributed by atoms with van der Waals surface area (Å²) in [7, 11) is 0. The van der Waals surface area contributed by atoms with E-state index < -0.39 is 0 Å². The fourth-order valence-corrected chi connectivity index (χ4v) is 2.80. The smallest absolute Gasteiger partial charge is 0.148 e. The highest BCUT2D eigenvalue weighted by Gasteiger charge is 2.10. The topological polar surface area (TPSA) is 25.8 Å². The zero-order chi connectivity index (χ0) is 14.8. The van der Waals surface area contributed by atoms with E-state index in [0.717, 1.165) is 28.5 Å². The molecule has 0 fully saturated rings. The van der Waals surface area contributed by atoms with Gasteiger partial charge in [0.1, 0.15) is 5.69 Å². The molecule has 2 aromatic carbocycles. The molecule has 0 N–H and O–H groups in total.